The minimum absolute atomic E-state index is 0.238. The first-order valence-corrected chi connectivity index (χ1v) is 9.41. The highest BCUT2D eigenvalue weighted by Gasteiger charge is 2.42. The molecule has 4 aliphatic rings. The van der Waals surface area contributed by atoms with Crippen LogP contribution >= 0.6 is 0 Å². The smallest absolute Gasteiger partial charge is 0.317 e. The van der Waals surface area contributed by atoms with Crippen molar-refractivity contribution in [2.75, 3.05) is 13.1 Å². The molecule has 0 bridgehead atoms. The molecule has 0 spiro atoms. The molecule has 0 amide bonds. The van der Waals surface area contributed by atoms with Crippen molar-refractivity contribution < 1.29 is 9.90 Å². The van der Waals surface area contributed by atoms with Crippen molar-refractivity contribution >= 4 is 5.97 Å². The third-order valence-electron chi connectivity index (χ3n) is 6.40. The molecule has 4 saturated carbocycles. The Kier molecular flexibility index (Phi) is 4.16. The molecular formula is C18H30N2O2. The summed E-state index contributed by atoms with van der Waals surface area (Å²) < 4.78 is 0. The van der Waals surface area contributed by atoms with Crippen molar-refractivity contribution in [1.29, 1.82) is 0 Å². The van der Waals surface area contributed by atoms with Crippen LogP contribution in [0.3, 0.4) is 0 Å². The molecule has 0 heterocycles. The Balaban J connectivity index is 1.24. The van der Waals surface area contributed by atoms with Gasteiger partial charge < -0.3 is 10.4 Å². The molecule has 4 fully saturated rings. The summed E-state index contributed by atoms with van der Waals surface area (Å²) in [6, 6.07) is 1.91. The van der Waals surface area contributed by atoms with Crippen LogP contribution in [0.25, 0.3) is 0 Å². The van der Waals surface area contributed by atoms with Gasteiger partial charge in [-0.05, 0) is 69.1 Å². The summed E-state index contributed by atoms with van der Waals surface area (Å²) in [5.41, 5.74) is 0. The van der Waals surface area contributed by atoms with Gasteiger partial charge in [-0.2, -0.15) is 0 Å². The van der Waals surface area contributed by atoms with E-state index < -0.39 is 5.97 Å². The van der Waals surface area contributed by atoms with E-state index in [0.717, 1.165) is 43.2 Å². The fourth-order valence-corrected chi connectivity index (χ4v) is 4.76. The number of nitrogens with one attached hydrogen (secondary N) is 1. The molecule has 0 aromatic carbocycles. The third kappa shape index (κ3) is 3.48. The predicted octanol–water partition coefficient (Wildman–Crippen LogP) is 2.48. The van der Waals surface area contributed by atoms with Crippen LogP contribution in [0.1, 0.15) is 57.8 Å². The second-order valence-electron chi connectivity index (χ2n) is 8.29. The highest BCUT2D eigenvalue weighted by molar-refractivity contribution is 5.69. The molecule has 2 atom stereocenters. The van der Waals surface area contributed by atoms with E-state index >= 15 is 0 Å². The molecule has 0 aliphatic heterocycles. The molecule has 4 heteroatoms. The molecule has 0 radical (unpaired) electrons. The monoisotopic (exact) mass is 306 g/mol. The van der Waals surface area contributed by atoms with E-state index in [2.05, 4.69) is 10.2 Å². The molecule has 2 unspecified atom stereocenters. The lowest BCUT2D eigenvalue weighted by Gasteiger charge is -2.44. The number of nitrogens with zero attached hydrogens (tertiary/aromatic N) is 1. The molecule has 0 aromatic rings. The zero-order chi connectivity index (χ0) is 15.1. The molecular weight excluding hydrogens is 276 g/mol. The number of aliphatic carboxylic acids is 1. The molecule has 4 nitrogen and oxygen atoms in total. The lowest BCUT2D eigenvalue weighted by Crippen LogP contribution is -2.56. The summed E-state index contributed by atoms with van der Waals surface area (Å²) in [4.78, 5) is 13.3. The Hall–Kier alpha value is -0.610. The van der Waals surface area contributed by atoms with Crippen molar-refractivity contribution in [1.82, 2.24) is 10.2 Å². The summed E-state index contributed by atoms with van der Waals surface area (Å²) in [5, 5.41) is 13.0. The van der Waals surface area contributed by atoms with E-state index in [9.17, 15) is 4.79 Å². The predicted molar refractivity (Wildman–Crippen MR) is 85.7 cm³/mol. The zero-order valence-electron chi connectivity index (χ0n) is 13.5. The van der Waals surface area contributed by atoms with Crippen LogP contribution < -0.4 is 5.32 Å². The van der Waals surface area contributed by atoms with Gasteiger partial charge in [0, 0.05) is 24.7 Å². The van der Waals surface area contributed by atoms with E-state index in [4.69, 9.17) is 5.11 Å². The molecule has 0 aromatic heterocycles. The van der Waals surface area contributed by atoms with Gasteiger partial charge in [0.05, 0.1) is 6.54 Å². The third-order valence-corrected chi connectivity index (χ3v) is 6.40. The summed E-state index contributed by atoms with van der Waals surface area (Å²) in [6.45, 7) is 1.25. The van der Waals surface area contributed by atoms with Gasteiger partial charge in [-0.15, -0.1) is 0 Å². The van der Waals surface area contributed by atoms with Crippen LogP contribution in [-0.4, -0.2) is 47.2 Å². The van der Waals surface area contributed by atoms with Gasteiger partial charge in [0.15, 0.2) is 0 Å². The molecule has 124 valence electrons. The van der Waals surface area contributed by atoms with Crippen LogP contribution in [0.4, 0.5) is 0 Å². The average Bonchev–Trinajstić information content (AvgIpc) is 3.34. The Morgan fingerprint density at radius 3 is 2.50 bits per heavy atom. The second kappa shape index (κ2) is 6.12. The summed E-state index contributed by atoms with van der Waals surface area (Å²) in [7, 11) is 0. The summed E-state index contributed by atoms with van der Waals surface area (Å²) in [6.07, 6.45) is 12.1. The first-order valence-electron chi connectivity index (χ1n) is 9.41. The van der Waals surface area contributed by atoms with E-state index in [1.165, 1.54) is 44.9 Å². The Morgan fingerprint density at radius 1 is 1.09 bits per heavy atom. The minimum atomic E-state index is -0.665. The number of carboxylic acids is 1. The number of rotatable bonds is 8. The van der Waals surface area contributed by atoms with Crippen LogP contribution in [0, 0.1) is 17.8 Å². The van der Waals surface area contributed by atoms with Crippen molar-refractivity contribution in [3.63, 3.8) is 0 Å². The van der Waals surface area contributed by atoms with Gasteiger partial charge in [-0.25, -0.2) is 0 Å². The normalized spacial score (nSPS) is 38.2. The van der Waals surface area contributed by atoms with Gasteiger partial charge in [0.1, 0.15) is 0 Å². The first-order chi connectivity index (χ1) is 10.7. The molecule has 4 aliphatic carbocycles. The Bertz CT molecular complexity index is 413. The largest absolute Gasteiger partial charge is 0.480 e. The Labute approximate surface area is 133 Å². The maximum Gasteiger partial charge on any atom is 0.317 e. The van der Waals surface area contributed by atoms with Gasteiger partial charge in [0.2, 0.25) is 0 Å². The quantitative estimate of drug-likeness (QED) is 0.723. The maximum absolute atomic E-state index is 11.1. The molecule has 0 saturated heterocycles. The number of hydrogen-bond donors (Lipinski definition) is 2. The lowest BCUT2D eigenvalue weighted by molar-refractivity contribution is -0.139. The first kappa shape index (κ1) is 14.9. The van der Waals surface area contributed by atoms with Crippen LogP contribution in [0.15, 0.2) is 0 Å². The van der Waals surface area contributed by atoms with Crippen molar-refractivity contribution in [3.8, 4) is 0 Å². The number of carboxylic acid groups (broad SMARTS) is 1. The van der Waals surface area contributed by atoms with Crippen molar-refractivity contribution in [2.24, 2.45) is 17.8 Å². The standard InChI is InChI=1S/C18H30N2O2/c21-18(22)11-20(10-12-4-5-12)15-8-14(9-15)19-17-3-1-2-16(17)13-6-7-13/h12-17,19H,1-11H2,(H,21,22). The van der Waals surface area contributed by atoms with Gasteiger partial charge >= 0.3 is 5.97 Å². The highest BCUT2D eigenvalue weighted by Crippen LogP contribution is 2.45. The van der Waals surface area contributed by atoms with Crippen LogP contribution in [0.5, 0.6) is 0 Å². The minimum Gasteiger partial charge on any atom is -0.480 e. The fourth-order valence-electron chi connectivity index (χ4n) is 4.76. The average molecular weight is 306 g/mol. The Morgan fingerprint density at radius 2 is 1.86 bits per heavy atom. The SMILES string of the molecule is O=C(O)CN(CC1CC1)C1CC(NC2CCCC2C2CC2)C1. The van der Waals surface area contributed by atoms with Gasteiger partial charge in [-0.1, -0.05) is 6.42 Å². The summed E-state index contributed by atoms with van der Waals surface area (Å²) in [5.74, 6) is 2.08. The van der Waals surface area contributed by atoms with Crippen LogP contribution in [-0.2, 0) is 4.79 Å². The molecule has 4 rings (SSSR count). The van der Waals surface area contributed by atoms with Gasteiger partial charge in [-0.3, -0.25) is 9.69 Å². The van der Waals surface area contributed by atoms with E-state index in [1.807, 2.05) is 0 Å². The molecule has 22 heavy (non-hydrogen) atoms. The maximum atomic E-state index is 11.1. The fraction of sp³-hybridized carbons (Fsp3) is 0.944. The van der Waals surface area contributed by atoms with Crippen molar-refractivity contribution in [3.05, 3.63) is 0 Å². The highest BCUT2D eigenvalue weighted by atomic mass is 16.4. The number of hydrogen-bond acceptors (Lipinski definition) is 3. The van der Waals surface area contributed by atoms with Gasteiger partial charge in [0.25, 0.3) is 0 Å². The van der Waals surface area contributed by atoms with Crippen LogP contribution in [0.2, 0.25) is 0 Å². The zero-order valence-corrected chi connectivity index (χ0v) is 13.5. The van der Waals surface area contributed by atoms with E-state index in [-0.39, 0.29) is 6.54 Å². The topological polar surface area (TPSA) is 52.6 Å². The second-order valence-corrected chi connectivity index (χ2v) is 8.29. The van der Waals surface area contributed by atoms with E-state index in [0.29, 0.717) is 12.1 Å². The lowest BCUT2D eigenvalue weighted by atomic mass is 9.83. The molecule has 2 N–H and O–H groups in total. The van der Waals surface area contributed by atoms with E-state index in [1.54, 1.807) is 0 Å². The van der Waals surface area contributed by atoms with Crippen molar-refractivity contribution in [2.45, 2.75) is 75.9 Å². The number of carbonyl (C=O) groups is 1. The summed E-state index contributed by atoms with van der Waals surface area (Å²) >= 11 is 0.